The molecule has 12 heteroatoms. The predicted octanol–water partition coefficient (Wildman–Crippen LogP) is 5.52. The number of H-pyrrole nitrogens is 1. The second-order valence-electron chi connectivity index (χ2n) is 11.7. The van der Waals surface area contributed by atoms with Gasteiger partial charge in [-0.25, -0.2) is 31.5 Å². The summed E-state index contributed by atoms with van der Waals surface area (Å²) in [5.41, 5.74) is 8.68. The highest BCUT2D eigenvalue weighted by atomic mass is 32.2. The van der Waals surface area contributed by atoms with Crippen molar-refractivity contribution in [1.82, 2.24) is 23.8 Å². The zero-order valence-corrected chi connectivity index (χ0v) is 24.6. The number of anilines is 1. The van der Waals surface area contributed by atoms with Gasteiger partial charge in [-0.2, -0.15) is 0 Å². The van der Waals surface area contributed by atoms with Gasteiger partial charge in [0.05, 0.1) is 33.7 Å². The highest BCUT2D eigenvalue weighted by Gasteiger charge is 2.28. The van der Waals surface area contributed by atoms with Gasteiger partial charge < -0.3 is 20.4 Å². The standard InChI is InChI=1S/C29H35FN6O4S/c1-17(2)41(38,39)36-25-15-20(7-9-23(25)34-27(36)31)24-16-32-26(33-24)21-8-6-19(14-22(21)30)18-10-12-35(13-11-18)28(37)40-29(3,4)5/h6-9,14-18H,10-13H2,1-5H3,(H2,31,34)(H,32,33). The fourth-order valence-electron chi connectivity index (χ4n) is 5.02. The Hall–Kier alpha value is -3.93. The minimum atomic E-state index is -3.73. The summed E-state index contributed by atoms with van der Waals surface area (Å²) in [6.45, 7) is 9.80. The number of benzene rings is 2. The zero-order chi connectivity index (χ0) is 29.7. The molecule has 0 unspecified atom stereocenters. The first-order valence-corrected chi connectivity index (χ1v) is 15.1. The normalized spacial score (nSPS) is 15.1. The molecule has 0 spiro atoms. The Balaban J connectivity index is 1.35. The number of aromatic amines is 1. The van der Waals surface area contributed by atoms with E-state index in [9.17, 15) is 13.2 Å². The summed E-state index contributed by atoms with van der Waals surface area (Å²) in [5.74, 6) is -0.0154. The Morgan fingerprint density at radius 3 is 2.49 bits per heavy atom. The van der Waals surface area contributed by atoms with E-state index in [4.69, 9.17) is 10.5 Å². The van der Waals surface area contributed by atoms with Crippen LogP contribution >= 0.6 is 0 Å². The lowest BCUT2D eigenvalue weighted by molar-refractivity contribution is 0.0204. The molecule has 5 rings (SSSR count). The van der Waals surface area contributed by atoms with Crippen molar-refractivity contribution in [3.63, 3.8) is 0 Å². The number of piperidine rings is 1. The highest BCUT2D eigenvalue weighted by molar-refractivity contribution is 7.90. The molecule has 41 heavy (non-hydrogen) atoms. The van der Waals surface area contributed by atoms with Crippen LogP contribution in [-0.4, -0.2) is 62.3 Å². The van der Waals surface area contributed by atoms with Crippen LogP contribution in [0.3, 0.4) is 0 Å². The SMILES string of the molecule is CC(C)S(=O)(=O)n1c(N)nc2ccc(-c3cnc(-c4ccc(C5CCN(C(=O)OC(C)(C)C)CC5)cc4F)[nH]3)cc21. The van der Waals surface area contributed by atoms with Crippen LogP contribution in [0.25, 0.3) is 33.7 Å². The number of amides is 1. The Morgan fingerprint density at radius 2 is 1.85 bits per heavy atom. The van der Waals surface area contributed by atoms with E-state index in [1.165, 1.54) is 6.07 Å². The zero-order valence-electron chi connectivity index (χ0n) is 23.8. The van der Waals surface area contributed by atoms with Crippen LogP contribution in [-0.2, 0) is 14.8 Å². The van der Waals surface area contributed by atoms with Gasteiger partial charge in [0.15, 0.2) is 0 Å². The molecular weight excluding hydrogens is 547 g/mol. The van der Waals surface area contributed by atoms with Gasteiger partial charge in [0, 0.05) is 18.7 Å². The molecule has 1 saturated heterocycles. The molecule has 3 N–H and O–H groups in total. The van der Waals surface area contributed by atoms with Crippen LogP contribution in [0.1, 0.15) is 58.9 Å². The quantitative estimate of drug-likeness (QED) is 0.316. The largest absolute Gasteiger partial charge is 0.444 e. The topological polar surface area (TPSA) is 136 Å². The molecule has 0 aliphatic carbocycles. The average molecular weight is 583 g/mol. The van der Waals surface area contributed by atoms with Crippen molar-refractivity contribution in [1.29, 1.82) is 0 Å². The summed E-state index contributed by atoms with van der Waals surface area (Å²) in [4.78, 5) is 25.8. The number of hydrogen-bond donors (Lipinski definition) is 2. The molecule has 1 aliphatic heterocycles. The van der Waals surface area contributed by atoms with Crippen molar-refractivity contribution < 1.29 is 22.3 Å². The number of carbonyl (C=O) groups excluding carboxylic acids is 1. The summed E-state index contributed by atoms with van der Waals surface area (Å²) >= 11 is 0. The third kappa shape index (κ3) is 5.65. The van der Waals surface area contributed by atoms with E-state index in [2.05, 4.69) is 15.0 Å². The highest BCUT2D eigenvalue weighted by Crippen LogP contribution is 2.33. The number of fused-ring (bicyclic) bond motifs is 1. The van der Waals surface area contributed by atoms with Gasteiger partial charge in [0.2, 0.25) is 16.0 Å². The molecule has 2 aromatic heterocycles. The van der Waals surface area contributed by atoms with Gasteiger partial charge in [0.1, 0.15) is 17.2 Å². The third-order valence-corrected chi connectivity index (χ3v) is 9.32. The van der Waals surface area contributed by atoms with Crippen LogP contribution in [0, 0.1) is 5.82 Å². The molecule has 10 nitrogen and oxygen atoms in total. The molecule has 0 bridgehead atoms. The summed E-state index contributed by atoms with van der Waals surface area (Å²) < 4.78 is 47.7. The van der Waals surface area contributed by atoms with Gasteiger partial charge >= 0.3 is 6.09 Å². The van der Waals surface area contributed by atoms with E-state index in [1.54, 1.807) is 49.2 Å². The molecule has 1 fully saturated rings. The van der Waals surface area contributed by atoms with Gasteiger partial charge in [-0.3, -0.25) is 0 Å². The molecule has 0 saturated carbocycles. The first-order chi connectivity index (χ1) is 19.2. The van der Waals surface area contributed by atoms with E-state index in [-0.39, 0.29) is 18.0 Å². The van der Waals surface area contributed by atoms with Crippen molar-refractivity contribution in [3.8, 4) is 22.6 Å². The summed E-state index contributed by atoms with van der Waals surface area (Å²) in [6.07, 6.45) is 2.70. The predicted molar refractivity (Wildman–Crippen MR) is 156 cm³/mol. The van der Waals surface area contributed by atoms with Crippen molar-refractivity contribution in [2.45, 2.75) is 64.2 Å². The lowest BCUT2D eigenvalue weighted by Crippen LogP contribution is -2.41. The molecule has 4 aromatic rings. The maximum absolute atomic E-state index is 15.3. The molecule has 1 amide bonds. The van der Waals surface area contributed by atoms with Crippen molar-refractivity contribution in [3.05, 3.63) is 54.0 Å². The minimum absolute atomic E-state index is 0.103. The molecule has 1 aliphatic rings. The van der Waals surface area contributed by atoms with Gasteiger partial charge in [0.25, 0.3) is 0 Å². The van der Waals surface area contributed by atoms with E-state index in [1.807, 2.05) is 26.8 Å². The minimum Gasteiger partial charge on any atom is -0.444 e. The van der Waals surface area contributed by atoms with Gasteiger partial charge in [-0.1, -0.05) is 12.1 Å². The molecule has 218 valence electrons. The molecule has 0 atom stereocenters. The van der Waals surface area contributed by atoms with E-state index < -0.39 is 26.7 Å². The number of carbonyl (C=O) groups is 1. The smallest absolute Gasteiger partial charge is 0.410 e. The van der Waals surface area contributed by atoms with Crippen LogP contribution in [0.5, 0.6) is 0 Å². The first kappa shape index (κ1) is 28.6. The number of nitrogens with two attached hydrogens (primary N) is 1. The fraction of sp³-hybridized carbons (Fsp3) is 0.414. The number of ether oxygens (including phenoxy) is 1. The van der Waals surface area contributed by atoms with Crippen molar-refractivity contribution >= 4 is 33.1 Å². The average Bonchev–Trinajstić information content (AvgIpc) is 3.51. The lowest BCUT2D eigenvalue weighted by Gasteiger charge is -2.33. The Morgan fingerprint density at radius 1 is 1.15 bits per heavy atom. The maximum Gasteiger partial charge on any atom is 0.410 e. The Kier molecular flexibility index (Phi) is 7.31. The molecular formula is C29H35FN6O4S. The van der Waals surface area contributed by atoms with Crippen molar-refractivity contribution in [2.75, 3.05) is 18.8 Å². The number of halogens is 1. The van der Waals surface area contributed by atoms with Gasteiger partial charge in [-0.05, 0) is 83.2 Å². The summed E-state index contributed by atoms with van der Waals surface area (Å²) in [5, 5.41) is -0.687. The van der Waals surface area contributed by atoms with Crippen LogP contribution < -0.4 is 5.73 Å². The fourth-order valence-corrected chi connectivity index (χ4v) is 6.17. The molecule has 3 heterocycles. The number of aromatic nitrogens is 4. The first-order valence-electron chi connectivity index (χ1n) is 13.6. The number of nitrogens with zero attached hydrogens (tertiary/aromatic N) is 4. The summed E-state index contributed by atoms with van der Waals surface area (Å²) in [6, 6.07) is 10.3. The number of nitrogens with one attached hydrogen (secondary N) is 1. The monoisotopic (exact) mass is 582 g/mol. The molecule has 0 radical (unpaired) electrons. The third-order valence-electron chi connectivity index (χ3n) is 7.24. The second kappa shape index (κ2) is 10.5. The number of rotatable bonds is 5. The summed E-state index contributed by atoms with van der Waals surface area (Å²) in [7, 11) is -3.73. The number of hydrogen-bond acceptors (Lipinski definition) is 7. The second-order valence-corrected chi connectivity index (χ2v) is 14.0. The van der Waals surface area contributed by atoms with Gasteiger partial charge in [-0.15, -0.1) is 0 Å². The Labute approximate surface area is 238 Å². The number of nitrogen functional groups attached to an aromatic ring is 1. The van der Waals surface area contributed by atoms with Crippen LogP contribution in [0.4, 0.5) is 15.1 Å². The van der Waals surface area contributed by atoms with E-state index in [0.29, 0.717) is 46.8 Å². The van der Waals surface area contributed by atoms with Crippen LogP contribution in [0.15, 0.2) is 42.6 Å². The lowest BCUT2D eigenvalue weighted by atomic mass is 9.89. The van der Waals surface area contributed by atoms with E-state index >= 15 is 4.39 Å². The Bertz CT molecular complexity index is 1710. The molecule has 2 aromatic carbocycles. The van der Waals surface area contributed by atoms with Crippen LogP contribution in [0.2, 0.25) is 0 Å². The maximum atomic E-state index is 15.3. The van der Waals surface area contributed by atoms with E-state index in [0.717, 1.165) is 22.4 Å². The van der Waals surface area contributed by atoms with Crippen molar-refractivity contribution in [2.24, 2.45) is 0 Å². The number of likely N-dealkylation sites (tertiary alicyclic amines) is 1. The number of imidazole rings is 2.